The largest absolute Gasteiger partial charge is 0.338 e. The average Bonchev–Trinajstić information content (AvgIpc) is 1.91. The minimum absolute atomic E-state index is 0.204. The monoisotopic (exact) mass is 154 g/mol. The lowest BCUT2D eigenvalue weighted by molar-refractivity contribution is -0.142. The first kappa shape index (κ1) is 7.10. The van der Waals surface area contributed by atoms with Crippen LogP contribution in [0.25, 0.3) is 0 Å². The zero-order valence-electron chi connectivity index (χ0n) is 6.89. The average molecular weight is 154 g/mol. The van der Waals surface area contributed by atoms with Gasteiger partial charge in [0, 0.05) is 13.6 Å². The Labute approximate surface area is 66.8 Å². The first-order valence-corrected chi connectivity index (χ1v) is 4.22. The summed E-state index contributed by atoms with van der Waals surface area (Å²) in [4.78, 5) is 13.2. The molecule has 1 N–H and O–H groups in total. The minimum Gasteiger partial charge on any atom is -0.338 e. The molecule has 0 unspecified atom stereocenters. The molecule has 3 nitrogen and oxygen atoms in total. The molecule has 3 heteroatoms. The van der Waals surface area contributed by atoms with E-state index in [-0.39, 0.29) is 11.4 Å². The van der Waals surface area contributed by atoms with Crippen LogP contribution in [0.5, 0.6) is 0 Å². The van der Waals surface area contributed by atoms with Crippen molar-refractivity contribution in [2.75, 3.05) is 20.1 Å². The molecular formula is C8H14N2O. The second-order valence-electron chi connectivity index (χ2n) is 3.63. The summed E-state index contributed by atoms with van der Waals surface area (Å²) >= 11 is 0. The Bertz CT molecular complexity index is 187. The summed E-state index contributed by atoms with van der Waals surface area (Å²) < 4.78 is 0. The van der Waals surface area contributed by atoms with Gasteiger partial charge < -0.3 is 10.2 Å². The van der Waals surface area contributed by atoms with Gasteiger partial charge in [0.1, 0.15) is 0 Å². The van der Waals surface area contributed by atoms with Gasteiger partial charge >= 0.3 is 0 Å². The molecule has 0 aromatic carbocycles. The third kappa shape index (κ3) is 0.872. The highest BCUT2D eigenvalue weighted by Gasteiger charge is 2.44. The van der Waals surface area contributed by atoms with Gasteiger partial charge in [-0.3, -0.25) is 4.79 Å². The van der Waals surface area contributed by atoms with Gasteiger partial charge in [0.05, 0.1) is 12.1 Å². The van der Waals surface area contributed by atoms with Crippen molar-refractivity contribution in [2.24, 2.45) is 0 Å². The van der Waals surface area contributed by atoms with Gasteiger partial charge in [-0.2, -0.15) is 0 Å². The molecule has 2 fully saturated rings. The molecule has 1 amide bonds. The van der Waals surface area contributed by atoms with Crippen molar-refractivity contribution in [3.63, 3.8) is 0 Å². The fourth-order valence-corrected chi connectivity index (χ4v) is 2.00. The highest BCUT2D eigenvalue weighted by atomic mass is 16.2. The molecule has 0 bridgehead atoms. The second kappa shape index (κ2) is 2.21. The lowest BCUT2D eigenvalue weighted by Crippen LogP contribution is -2.65. The van der Waals surface area contributed by atoms with Gasteiger partial charge in [-0.25, -0.2) is 0 Å². The topological polar surface area (TPSA) is 32.3 Å². The van der Waals surface area contributed by atoms with Crippen LogP contribution in [0.15, 0.2) is 0 Å². The molecule has 0 atom stereocenters. The maximum atomic E-state index is 11.3. The number of hydrogen-bond acceptors (Lipinski definition) is 2. The van der Waals surface area contributed by atoms with E-state index in [9.17, 15) is 4.79 Å². The van der Waals surface area contributed by atoms with Crippen LogP contribution < -0.4 is 5.32 Å². The number of hydrogen-bond donors (Lipinski definition) is 1. The molecular weight excluding hydrogens is 140 g/mol. The highest BCUT2D eigenvalue weighted by molar-refractivity contribution is 5.80. The van der Waals surface area contributed by atoms with E-state index in [1.54, 1.807) is 0 Å². The van der Waals surface area contributed by atoms with E-state index in [0.29, 0.717) is 6.54 Å². The number of likely N-dealkylation sites (N-methyl/N-ethyl adjacent to an activating group) is 1. The molecule has 0 radical (unpaired) electrons. The summed E-state index contributed by atoms with van der Waals surface area (Å²) in [6, 6.07) is 0. The number of nitrogens with zero attached hydrogens (tertiary/aromatic N) is 1. The van der Waals surface area contributed by atoms with E-state index in [4.69, 9.17) is 0 Å². The van der Waals surface area contributed by atoms with Crippen LogP contribution in [0, 0.1) is 0 Å². The van der Waals surface area contributed by atoms with E-state index < -0.39 is 0 Å². The Hall–Kier alpha value is -0.570. The van der Waals surface area contributed by atoms with E-state index in [0.717, 1.165) is 6.54 Å². The van der Waals surface area contributed by atoms with Crippen molar-refractivity contribution in [3.05, 3.63) is 0 Å². The maximum absolute atomic E-state index is 11.3. The molecule has 1 saturated carbocycles. The number of nitrogens with one attached hydrogen (secondary N) is 1. The zero-order valence-corrected chi connectivity index (χ0v) is 6.89. The van der Waals surface area contributed by atoms with Gasteiger partial charge in [-0.15, -0.1) is 0 Å². The molecule has 62 valence electrons. The molecule has 0 aromatic rings. The van der Waals surface area contributed by atoms with E-state index in [2.05, 4.69) is 5.32 Å². The Balaban J connectivity index is 2.13. The standard InChI is InChI=1S/C8H14N2O/c1-10-7(11)5-9-6-8(10)3-2-4-8/h9H,2-6H2,1H3. The van der Waals surface area contributed by atoms with Gasteiger partial charge in [0.2, 0.25) is 5.91 Å². The van der Waals surface area contributed by atoms with Gasteiger partial charge in [-0.05, 0) is 19.3 Å². The number of carbonyl (C=O) groups excluding carboxylic acids is 1. The first-order valence-electron chi connectivity index (χ1n) is 4.22. The molecule has 1 aliphatic heterocycles. The summed E-state index contributed by atoms with van der Waals surface area (Å²) in [5.74, 6) is 0.246. The Kier molecular flexibility index (Phi) is 1.42. The smallest absolute Gasteiger partial charge is 0.236 e. The third-order valence-corrected chi connectivity index (χ3v) is 3.10. The van der Waals surface area contributed by atoms with Crippen LogP contribution in [0.4, 0.5) is 0 Å². The fourth-order valence-electron chi connectivity index (χ4n) is 2.00. The van der Waals surface area contributed by atoms with Crippen LogP contribution in [0.1, 0.15) is 19.3 Å². The molecule has 2 aliphatic rings. The Morgan fingerprint density at radius 1 is 1.55 bits per heavy atom. The molecule has 1 heterocycles. The molecule has 11 heavy (non-hydrogen) atoms. The van der Waals surface area contributed by atoms with Crippen molar-refractivity contribution >= 4 is 5.91 Å². The SMILES string of the molecule is CN1C(=O)CNCC12CCC2. The first-order chi connectivity index (χ1) is 5.25. The number of rotatable bonds is 0. The number of piperazine rings is 1. The van der Waals surface area contributed by atoms with Gasteiger partial charge in [0.25, 0.3) is 0 Å². The quantitative estimate of drug-likeness (QED) is 0.531. The molecule has 1 spiro atoms. The zero-order chi connectivity index (χ0) is 7.90. The Morgan fingerprint density at radius 3 is 2.73 bits per heavy atom. The summed E-state index contributed by atoms with van der Waals surface area (Å²) in [7, 11) is 1.93. The van der Waals surface area contributed by atoms with E-state index in [1.807, 2.05) is 11.9 Å². The maximum Gasteiger partial charge on any atom is 0.236 e. The lowest BCUT2D eigenvalue weighted by Gasteiger charge is -2.51. The normalized spacial score (nSPS) is 28.8. The highest BCUT2D eigenvalue weighted by Crippen LogP contribution is 2.37. The van der Waals surface area contributed by atoms with Crippen molar-refractivity contribution in [2.45, 2.75) is 24.8 Å². The van der Waals surface area contributed by atoms with Crippen molar-refractivity contribution < 1.29 is 4.79 Å². The van der Waals surface area contributed by atoms with Crippen LogP contribution in [0.2, 0.25) is 0 Å². The van der Waals surface area contributed by atoms with Crippen LogP contribution in [0.3, 0.4) is 0 Å². The van der Waals surface area contributed by atoms with Crippen molar-refractivity contribution in [1.29, 1.82) is 0 Å². The van der Waals surface area contributed by atoms with Crippen LogP contribution >= 0.6 is 0 Å². The second-order valence-corrected chi connectivity index (χ2v) is 3.63. The lowest BCUT2D eigenvalue weighted by atomic mass is 9.74. The summed E-state index contributed by atoms with van der Waals surface area (Å²) in [6.45, 7) is 1.52. The van der Waals surface area contributed by atoms with Crippen LogP contribution in [-0.4, -0.2) is 36.5 Å². The van der Waals surface area contributed by atoms with Crippen LogP contribution in [-0.2, 0) is 4.79 Å². The van der Waals surface area contributed by atoms with Gasteiger partial charge in [0.15, 0.2) is 0 Å². The predicted octanol–water partition coefficient (Wildman–Crippen LogP) is -0.0293. The minimum atomic E-state index is 0.204. The van der Waals surface area contributed by atoms with E-state index in [1.165, 1.54) is 19.3 Å². The van der Waals surface area contributed by atoms with Gasteiger partial charge in [-0.1, -0.05) is 0 Å². The molecule has 1 aliphatic carbocycles. The van der Waals surface area contributed by atoms with E-state index >= 15 is 0 Å². The fraction of sp³-hybridized carbons (Fsp3) is 0.875. The number of carbonyl (C=O) groups is 1. The molecule has 2 rings (SSSR count). The summed E-state index contributed by atoms with van der Waals surface area (Å²) in [5, 5.41) is 3.17. The Morgan fingerprint density at radius 2 is 2.27 bits per heavy atom. The number of amides is 1. The molecule has 0 aromatic heterocycles. The predicted molar refractivity (Wildman–Crippen MR) is 42.2 cm³/mol. The summed E-state index contributed by atoms with van der Waals surface area (Å²) in [5.41, 5.74) is 0.204. The third-order valence-electron chi connectivity index (χ3n) is 3.10. The van der Waals surface area contributed by atoms with Crippen molar-refractivity contribution in [1.82, 2.24) is 10.2 Å². The van der Waals surface area contributed by atoms with Crippen molar-refractivity contribution in [3.8, 4) is 0 Å². The molecule has 1 saturated heterocycles. The summed E-state index contributed by atoms with van der Waals surface area (Å²) in [6.07, 6.45) is 3.64.